The van der Waals surface area contributed by atoms with E-state index in [9.17, 15) is 49.1 Å². The Morgan fingerprint density at radius 1 is 0.833 bits per heavy atom. The second-order valence-corrected chi connectivity index (χ2v) is 7.42. The number of ether oxygens (including phenoxy) is 2. The summed E-state index contributed by atoms with van der Waals surface area (Å²) in [4.78, 5) is 35.3. The molecule has 0 aliphatic carbocycles. The number of halogens is 6. The minimum Gasteiger partial charge on any atom is -0.465 e. The van der Waals surface area contributed by atoms with Crippen LogP contribution in [-0.2, 0) is 19.5 Å². The lowest BCUT2D eigenvalue weighted by molar-refractivity contribution is -0.271. The van der Waals surface area contributed by atoms with Crippen molar-refractivity contribution in [3.63, 3.8) is 0 Å². The van der Waals surface area contributed by atoms with Gasteiger partial charge in [-0.2, -0.15) is 34.8 Å². The Kier molecular flexibility index (Phi) is 6.82. The number of methoxy groups -OCH3 is 2. The molecule has 0 aliphatic rings. The van der Waals surface area contributed by atoms with E-state index in [2.05, 4.69) is 9.47 Å². The molecule has 30 heavy (non-hydrogen) atoms. The zero-order chi connectivity index (χ0) is 23.7. The first-order valence-electron chi connectivity index (χ1n) is 7.44. The van der Waals surface area contributed by atoms with Crippen LogP contribution in [0.25, 0.3) is 0 Å². The number of carbonyl (C=O) groups excluding carboxylic acids is 3. The highest BCUT2D eigenvalue weighted by molar-refractivity contribution is 7.91. The third-order valence-corrected chi connectivity index (χ3v) is 4.90. The summed E-state index contributed by atoms with van der Waals surface area (Å²) < 4.78 is 112. The zero-order valence-electron chi connectivity index (χ0n) is 15.3. The van der Waals surface area contributed by atoms with Gasteiger partial charge in [0.1, 0.15) is 0 Å². The molecule has 0 spiro atoms. The minimum absolute atomic E-state index is 0.525. The molecule has 15 heteroatoms. The number of amides is 1. The van der Waals surface area contributed by atoms with Crippen molar-refractivity contribution >= 4 is 27.9 Å². The lowest BCUT2D eigenvalue weighted by Gasteiger charge is -2.30. The summed E-state index contributed by atoms with van der Waals surface area (Å²) in [6.07, 6.45) is 0. The van der Waals surface area contributed by atoms with Gasteiger partial charge in [-0.25, -0.2) is 14.3 Å². The molecule has 1 rings (SSSR count). The van der Waals surface area contributed by atoms with Crippen molar-refractivity contribution in [2.45, 2.75) is 24.0 Å². The van der Waals surface area contributed by atoms with E-state index in [0.717, 1.165) is 20.3 Å². The summed E-state index contributed by atoms with van der Waals surface area (Å²) in [6, 6.07) is 1.99. The van der Waals surface area contributed by atoms with Crippen LogP contribution in [0.15, 0.2) is 18.2 Å². The average Bonchev–Trinajstić information content (AvgIpc) is 2.64. The van der Waals surface area contributed by atoms with Crippen LogP contribution >= 0.6 is 0 Å². The quantitative estimate of drug-likeness (QED) is 0.485. The molecule has 0 saturated heterocycles. The van der Waals surface area contributed by atoms with Crippen LogP contribution in [-0.4, -0.2) is 57.6 Å². The third-order valence-electron chi connectivity index (χ3n) is 3.52. The first-order chi connectivity index (χ1) is 13.4. The van der Waals surface area contributed by atoms with Crippen molar-refractivity contribution in [2.24, 2.45) is 0 Å². The Morgan fingerprint density at radius 3 is 1.53 bits per heavy atom. The zero-order valence-corrected chi connectivity index (χ0v) is 16.1. The molecule has 0 aromatic heterocycles. The Labute approximate surface area is 165 Å². The van der Waals surface area contributed by atoms with Crippen molar-refractivity contribution in [2.75, 3.05) is 14.2 Å². The summed E-state index contributed by atoms with van der Waals surface area (Å²) in [5.41, 5.74) is -2.04. The van der Waals surface area contributed by atoms with Gasteiger partial charge in [0.15, 0.2) is 0 Å². The molecule has 1 aromatic rings. The maximum atomic E-state index is 13.7. The predicted octanol–water partition coefficient (Wildman–Crippen LogP) is 2.20. The van der Waals surface area contributed by atoms with Crippen LogP contribution < -0.4 is 4.72 Å². The number of sulfonamides is 1. The van der Waals surface area contributed by atoms with Gasteiger partial charge in [-0.05, 0) is 18.2 Å². The average molecular weight is 465 g/mol. The van der Waals surface area contributed by atoms with E-state index in [1.165, 1.54) is 0 Å². The molecule has 0 saturated carbocycles. The number of hydrogen-bond acceptors (Lipinski definition) is 7. The number of nitrogens with one attached hydrogen (secondary N) is 1. The van der Waals surface area contributed by atoms with Crippen LogP contribution in [0.3, 0.4) is 0 Å². The lowest BCUT2D eigenvalue weighted by Crippen LogP contribution is -2.60. The summed E-state index contributed by atoms with van der Waals surface area (Å²) in [5.74, 6) is -16.2. The number of alkyl halides is 6. The fourth-order valence-corrected chi connectivity index (χ4v) is 2.91. The van der Waals surface area contributed by atoms with Crippen LogP contribution in [0, 0.1) is 0 Å². The van der Waals surface area contributed by atoms with E-state index in [4.69, 9.17) is 0 Å². The van der Waals surface area contributed by atoms with Crippen LogP contribution in [0.4, 0.5) is 26.3 Å². The first kappa shape index (κ1) is 25.2. The molecule has 0 fully saturated rings. The van der Waals surface area contributed by atoms with Crippen LogP contribution in [0.5, 0.6) is 0 Å². The number of rotatable bonds is 7. The summed E-state index contributed by atoms with van der Waals surface area (Å²) in [6.45, 7) is -0.638. The summed E-state index contributed by atoms with van der Waals surface area (Å²) >= 11 is 0. The molecule has 0 unspecified atom stereocenters. The number of carbonyl (C=O) groups is 3. The molecule has 0 aliphatic heterocycles. The topological polar surface area (TPSA) is 116 Å². The molecular weight excluding hydrogens is 452 g/mol. The normalized spacial score (nSPS) is 12.8. The fourth-order valence-electron chi connectivity index (χ4n) is 1.90. The van der Waals surface area contributed by atoms with Gasteiger partial charge >= 0.3 is 39.1 Å². The predicted molar refractivity (Wildman–Crippen MR) is 86.0 cm³/mol. The monoisotopic (exact) mass is 465 g/mol. The molecule has 0 bridgehead atoms. The molecule has 0 radical (unpaired) electrons. The molecule has 1 amide bonds. The third kappa shape index (κ3) is 4.49. The lowest BCUT2D eigenvalue weighted by atomic mass is 10.1. The molecule has 1 aromatic carbocycles. The molecular formula is C15H13F6NO7S. The Bertz CT molecular complexity index is 938. The van der Waals surface area contributed by atoms with Crippen molar-refractivity contribution in [1.29, 1.82) is 0 Å². The fraction of sp³-hybridized carbons (Fsp3) is 0.400. The van der Waals surface area contributed by atoms with E-state index in [1.807, 2.05) is 0 Å². The van der Waals surface area contributed by atoms with E-state index in [-0.39, 0.29) is 0 Å². The smallest absolute Gasteiger partial charge is 0.431 e. The number of esters is 2. The van der Waals surface area contributed by atoms with Gasteiger partial charge in [0, 0.05) is 12.5 Å². The summed E-state index contributed by atoms with van der Waals surface area (Å²) in [7, 11) is -4.93. The van der Waals surface area contributed by atoms with Gasteiger partial charge in [-0.3, -0.25) is 4.79 Å². The van der Waals surface area contributed by atoms with E-state index in [0.29, 0.717) is 16.9 Å². The van der Waals surface area contributed by atoms with Gasteiger partial charge in [-0.1, -0.05) is 0 Å². The highest BCUT2D eigenvalue weighted by Gasteiger charge is 2.76. The molecule has 0 atom stereocenters. The first-order valence-corrected chi connectivity index (χ1v) is 8.93. The van der Waals surface area contributed by atoms with E-state index >= 15 is 0 Å². The van der Waals surface area contributed by atoms with Crippen LogP contribution in [0.1, 0.15) is 38.0 Å². The highest BCUT2D eigenvalue weighted by Crippen LogP contribution is 2.47. The van der Waals surface area contributed by atoms with E-state index in [1.54, 1.807) is 0 Å². The largest absolute Gasteiger partial charge is 0.465 e. The maximum Gasteiger partial charge on any atom is 0.431 e. The molecule has 0 heterocycles. The van der Waals surface area contributed by atoms with Gasteiger partial charge in [0.05, 0.1) is 25.3 Å². The molecule has 8 nitrogen and oxygen atoms in total. The minimum atomic E-state index is -6.72. The van der Waals surface area contributed by atoms with Crippen molar-refractivity contribution in [1.82, 2.24) is 4.72 Å². The van der Waals surface area contributed by atoms with Gasteiger partial charge in [0.25, 0.3) is 5.91 Å². The standard InChI is InChI=1S/C15H13F6NO7S/c1-13(16,17)14(18,19)15(20,21)30(26,27)22-10(23)7-4-8(11(24)28-2)6-9(5-7)12(25)29-3/h4-6H,1-3H3,(H,22,23). The van der Waals surface area contributed by atoms with Gasteiger partial charge < -0.3 is 9.47 Å². The Hall–Kier alpha value is -2.84. The van der Waals surface area contributed by atoms with E-state index < -0.39 is 68.6 Å². The molecule has 168 valence electrons. The second-order valence-electron chi connectivity index (χ2n) is 5.70. The maximum absolute atomic E-state index is 13.7. The number of hydrogen-bond donors (Lipinski definition) is 1. The van der Waals surface area contributed by atoms with Crippen molar-refractivity contribution in [3.8, 4) is 0 Å². The van der Waals surface area contributed by atoms with Crippen molar-refractivity contribution in [3.05, 3.63) is 34.9 Å². The second kappa shape index (κ2) is 8.12. The summed E-state index contributed by atoms with van der Waals surface area (Å²) in [5, 5.41) is -6.42. The van der Waals surface area contributed by atoms with Gasteiger partial charge in [-0.15, -0.1) is 0 Å². The van der Waals surface area contributed by atoms with Gasteiger partial charge in [0.2, 0.25) is 0 Å². The van der Waals surface area contributed by atoms with Crippen molar-refractivity contribution < 1.29 is 58.6 Å². The number of benzene rings is 1. The Morgan fingerprint density at radius 2 is 1.20 bits per heavy atom. The van der Waals surface area contributed by atoms with Crippen LogP contribution in [0.2, 0.25) is 0 Å². The molecule has 1 N–H and O–H groups in total. The highest BCUT2D eigenvalue weighted by atomic mass is 32.2. The SMILES string of the molecule is COC(=O)c1cc(C(=O)NS(=O)(=O)C(F)(F)C(F)(F)C(C)(F)F)cc(C(=O)OC)c1. The Balaban J connectivity index is 3.44.